The SMILES string of the molecule is O=C1NCCN1CCN1C[C@@H]2CCCN[C@@H]2C1. The maximum Gasteiger partial charge on any atom is 0.317 e. The number of likely N-dealkylation sites (tertiary alicyclic amines) is 1. The number of hydrogen-bond donors (Lipinski definition) is 2. The first kappa shape index (κ1) is 11.3. The lowest BCUT2D eigenvalue weighted by Crippen LogP contribution is -2.41. The van der Waals surface area contributed by atoms with Gasteiger partial charge >= 0.3 is 6.03 Å². The van der Waals surface area contributed by atoms with Crippen LogP contribution in [0.2, 0.25) is 0 Å². The Morgan fingerprint density at radius 3 is 2.94 bits per heavy atom. The van der Waals surface area contributed by atoms with Gasteiger partial charge in [-0.25, -0.2) is 4.79 Å². The van der Waals surface area contributed by atoms with Crippen molar-refractivity contribution in [2.24, 2.45) is 5.92 Å². The van der Waals surface area contributed by atoms with E-state index in [1.165, 1.54) is 32.5 Å². The van der Waals surface area contributed by atoms with Crippen LogP contribution in [0, 0.1) is 5.92 Å². The predicted molar refractivity (Wildman–Crippen MR) is 65.9 cm³/mol. The van der Waals surface area contributed by atoms with Gasteiger partial charge in [-0.3, -0.25) is 4.90 Å². The largest absolute Gasteiger partial charge is 0.336 e. The molecule has 5 heteroatoms. The second kappa shape index (κ2) is 4.82. The number of urea groups is 1. The monoisotopic (exact) mass is 238 g/mol. The highest BCUT2D eigenvalue weighted by Crippen LogP contribution is 2.24. The van der Waals surface area contributed by atoms with E-state index in [-0.39, 0.29) is 6.03 Å². The van der Waals surface area contributed by atoms with Crippen LogP contribution in [-0.2, 0) is 0 Å². The number of carbonyl (C=O) groups excluding carboxylic acids is 1. The van der Waals surface area contributed by atoms with E-state index in [0.717, 1.165) is 32.1 Å². The normalized spacial score (nSPS) is 33.9. The fourth-order valence-electron chi connectivity index (χ4n) is 3.31. The number of nitrogens with zero attached hydrogens (tertiary/aromatic N) is 2. The first-order valence-corrected chi connectivity index (χ1v) is 6.81. The smallest absolute Gasteiger partial charge is 0.317 e. The molecule has 0 spiro atoms. The van der Waals surface area contributed by atoms with Gasteiger partial charge in [0, 0.05) is 45.3 Å². The molecule has 0 unspecified atom stereocenters. The summed E-state index contributed by atoms with van der Waals surface area (Å²) in [4.78, 5) is 15.9. The van der Waals surface area contributed by atoms with Crippen LogP contribution >= 0.6 is 0 Å². The van der Waals surface area contributed by atoms with Gasteiger partial charge in [0.1, 0.15) is 0 Å². The summed E-state index contributed by atoms with van der Waals surface area (Å²) in [5.41, 5.74) is 0. The van der Waals surface area contributed by atoms with Crippen molar-refractivity contribution in [3.63, 3.8) is 0 Å². The molecule has 3 saturated heterocycles. The van der Waals surface area contributed by atoms with Crippen LogP contribution in [0.4, 0.5) is 4.79 Å². The zero-order valence-corrected chi connectivity index (χ0v) is 10.3. The number of piperidine rings is 1. The zero-order valence-electron chi connectivity index (χ0n) is 10.3. The Morgan fingerprint density at radius 1 is 1.24 bits per heavy atom. The Kier molecular flexibility index (Phi) is 3.20. The molecular weight excluding hydrogens is 216 g/mol. The third kappa shape index (κ3) is 2.40. The maximum atomic E-state index is 11.4. The highest BCUT2D eigenvalue weighted by molar-refractivity contribution is 5.76. The van der Waals surface area contributed by atoms with Crippen molar-refractivity contribution in [3.05, 3.63) is 0 Å². The molecule has 5 nitrogen and oxygen atoms in total. The first-order chi connectivity index (χ1) is 8.33. The van der Waals surface area contributed by atoms with Crippen LogP contribution in [0.3, 0.4) is 0 Å². The van der Waals surface area contributed by atoms with Gasteiger partial charge in [-0.15, -0.1) is 0 Å². The van der Waals surface area contributed by atoms with Gasteiger partial charge in [-0.05, 0) is 25.3 Å². The van der Waals surface area contributed by atoms with E-state index in [4.69, 9.17) is 0 Å². The quantitative estimate of drug-likeness (QED) is 0.709. The number of hydrogen-bond acceptors (Lipinski definition) is 3. The Bertz CT molecular complexity index is 282. The molecule has 0 aromatic rings. The topological polar surface area (TPSA) is 47.6 Å². The van der Waals surface area contributed by atoms with Crippen LogP contribution < -0.4 is 10.6 Å². The fraction of sp³-hybridized carbons (Fsp3) is 0.917. The summed E-state index contributed by atoms with van der Waals surface area (Å²) in [7, 11) is 0. The van der Waals surface area contributed by atoms with Crippen LogP contribution in [-0.4, -0.2) is 67.7 Å². The molecule has 2 N–H and O–H groups in total. The molecule has 17 heavy (non-hydrogen) atoms. The van der Waals surface area contributed by atoms with E-state index in [9.17, 15) is 4.79 Å². The van der Waals surface area contributed by atoms with Crippen LogP contribution in [0.15, 0.2) is 0 Å². The Labute approximate surface area is 103 Å². The molecular formula is C12H22N4O. The minimum Gasteiger partial charge on any atom is -0.336 e. The molecule has 2 amide bonds. The molecule has 0 bridgehead atoms. The van der Waals surface area contributed by atoms with Gasteiger partial charge in [0.05, 0.1) is 0 Å². The first-order valence-electron chi connectivity index (χ1n) is 6.81. The van der Waals surface area contributed by atoms with Gasteiger partial charge < -0.3 is 15.5 Å². The summed E-state index contributed by atoms with van der Waals surface area (Å²) in [6.45, 7) is 7.16. The Balaban J connectivity index is 1.45. The van der Waals surface area contributed by atoms with E-state index >= 15 is 0 Å². The van der Waals surface area contributed by atoms with Crippen molar-refractivity contribution in [2.45, 2.75) is 18.9 Å². The van der Waals surface area contributed by atoms with Crippen molar-refractivity contribution in [1.29, 1.82) is 0 Å². The van der Waals surface area contributed by atoms with Gasteiger partial charge in [-0.1, -0.05) is 0 Å². The van der Waals surface area contributed by atoms with E-state index < -0.39 is 0 Å². The standard InChI is InChI=1S/C12H22N4O/c17-12-14-4-5-16(12)7-6-15-8-10-2-1-3-13-11(10)9-15/h10-11,13H,1-9H2,(H,14,17)/t10-,11+/m0/s1. The van der Waals surface area contributed by atoms with Crippen molar-refractivity contribution in [3.8, 4) is 0 Å². The van der Waals surface area contributed by atoms with Gasteiger partial charge in [-0.2, -0.15) is 0 Å². The number of carbonyl (C=O) groups is 1. The molecule has 3 aliphatic heterocycles. The molecule has 0 aromatic heterocycles. The fourth-order valence-corrected chi connectivity index (χ4v) is 3.31. The summed E-state index contributed by atoms with van der Waals surface area (Å²) < 4.78 is 0. The molecule has 0 aliphatic carbocycles. The molecule has 0 saturated carbocycles. The van der Waals surface area contributed by atoms with Crippen molar-refractivity contribution in [1.82, 2.24) is 20.4 Å². The molecule has 3 fully saturated rings. The van der Waals surface area contributed by atoms with Crippen LogP contribution in [0.25, 0.3) is 0 Å². The molecule has 3 rings (SSSR count). The third-order valence-corrected chi connectivity index (χ3v) is 4.31. The molecule has 0 radical (unpaired) electrons. The zero-order chi connectivity index (χ0) is 11.7. The Hall–Kier alpha value is -0.810. The van der Waals surface area contributed by atoms with E-state index in [1.807, 2.05) is 4.90 Å². The summed E-state index contributed by atoms with van der Waals surface area (Å²) in [6, 6.07) is 0.816. The minimum atomic E-state index is 0.111. The third-order valence-electron chi connectivity index (χ3n) is 4.31. The molecule has 0 aromatic carbocycles. The summed E-state index contributed by atoms with van der Waals surface area (Å²) in [5.74, 6) is 0.844. The summed E-state index contributed by atoms with van der Waals surface area (Å²) >= 11 is 0. The summed E-state index contributed by atoms with van der Waals surface area (Å²) in [6.07, 6.45) is 2.70. The molecule has 2 atom stereocenters. The predicted octanol–water partition coefficient (Wildman–Crippen LogP) is -0.305. The van der Waals surface area contributed by atoms with Crippen molar-refractivity contribution < 1.29 is 4.79 Å². The lowest BCUT2D eigenvalue weighted by molar-refractivity contribution is 0.207. The van der Waals surface area contributed by atoms with Crippen molar-refractivity contribution in [2.75, 3.05) is 45.8 Å². The highest BCUT2D eigenvalue weighted by atomic mass is 16.2. The number of fused-ring (bicyclic) bond motifs is 1. The number of nitrogens with one attached hydrogen (secondary N) is 2. The maximum absolute atomic E-state index is 11.4. The lowest BCUT2D eigenvalue weighted by atomic mass is 9.94. The van der Waals surface area contributed by atoms with Crippen LogP contribution in [0.5, 0.6) is 0 Å². The average molecular weight is 238 g/mol. The second-order valence-corrected chi connectivity index (χ2v) is 5.44. The van der Waals surface area contributed by atoms with Gasteiger partial charge in [0.15, 0.2) is 0 Å². The minimum absolute atomic E-state index is 0.111. The van der Waals surface area contributed by atoms with Gasteiger partial charge in [0.2, 0.25) is 0 Å². The van der Waals surface area contributed by atoms with E-state index in [0.29, 0.717) is 6.04 Å². The second-order valence-electron chi connectivity index (χ2n) is 5.44. The molecule has 3 aliphatic rings. The average Bonchev–Trinajstić information content (AvgIpc) is 2.92. The lowest BCUT2D eigenvalue weighted by Gasteiger charge is -2.24. The van der Waals surface area contributed by atoms with Crippen LogP contribution in [0.1, 0.15) is 12.8 Å². The van der Waals surface area contributed by atoms with E-state index in [1.54, 1.807) is 0 Å². The molecule has 96 valence electrons. The number of amides is 2. The van der Waals surface area contributed by atoms with Gasteiger partial charge in [0.25, 0.3) is 0 Å². The Morgan fingerprint density at radius 2 is 2.18 bits per heavy atom. The van der Waals surface area contributed by atoms with Crippen molar-refractivity contribution >= 4 is 6.03 Å². The number of rotatable bonds is 3. The highest BCUT2D eigenvalue weighted by Gasteiger charge is 2.34. The summed E-state index contributed by atoms with van der Waals surface area (Å²) in [5, 5.41) is 6.46. The molecule has 3 heterocycles. The van der Waals surface area contributed by atoms with E-state index in [2.05, 4.69) is 15.5 Å².